The van der Waals surface area contributed by atoms with E-state index in [1.807, 2.05) is 19.1 Å². The Labute approximate surface area is 90.9 Å². The van der Waals surface area contributed by atoms with Crippen molar-refractivity contribution in [3.05, 3.63) is 29.3 Å². The van der Waals surface area contributed by atoms with Gasteiger partial charge in [0.25, 0.3) is 0 Å². The molecule has 0 aromatic heterocycles. The maximum Gasteiger partial charge on any atom is 0.123 e. The summed E-state index contributed by atoms with van der Waals surface area (Å²) in [5.41, 5.74) is 2.11. The maximum absolute atomic E-state index is 9.75. The molecule has 0 aliphatic carbocycles. The zero-order chi connectivity index (χ0) is 11.1. The summed E-state index contributed by atoms with van der Waals surface area (Å²) in [6, 6.07) is 5.99. The fourth-order valence-electron chi connectivity index (χ4n) is 2.07. The second-order valence-corrected chi connectivity index (χ2v) is 4.83. The Morgan fingerprint density at radius 3 is 2.87 bits per heavy atom. The molecule has 1 heterocycles. The highest BCUT2D eigenvalue weighted by Crippen LogP contribution is 2.36. The molecule has 0 bridgehead atoms. The molecule has 0 spiro atoms. The lowest BCUT2D eigenvalue weighted by molar-refractivity contribution is 0.138. The summed E-state index contributed by atoms with van der Waals surface area (Å²) < 4.78 is 5.78. The van der Waals surface area contributed by atoms with Crippen LogP contribution in [0.15, 0.2) is 18.2 Å². The molecule has 2 nitrogen and oxygen atoms in total. The second kappa shape index (κ2) is 3.53. The quantitative estimate of drug-likeness (QED) is 0.806. The first-order chi connectivity index (χ1) is 7.02. The van der Waals surface area contributed by atoms with Gasteiger partial charge in [0, 0.05) is 6.42 Å². The van der Waals surface area contributed by atoms with Crippen molar-refractivity contribution in [2.75, 3.05) is 0 Å². The van der Waals surface area contributed by atoms with Crippen LogP contribution < -0.4 is 4.74 Å². The van der Waals surface area contributed by atoms with E-state index in [0.717, 1.165) is 24.2 Å². The molecule has 1 aromatic rings. The molecule has 0 saturated carbocycles. The number of ether oxygens (including phenoxy) is 1. The second-order valence-electron chi connectivity index (χ2n) is 4.83. The van der Waals surface area contributed by atoms with Crippen LogP contribution in [0, 0.1) is 0 Å². The van der Waals surface area contributed by atoms with E-state index < -0.39 is 0 Å². The van der Waals surface area contributed by atoms with Gasteiger partial charge in [-0.3, -0.25) is 0 Å². The fraction of sp³-hybridized carbons (Fsp3) is 0.538. The first-order valence-corrected chi connectivity index (χ1v) is 5.52. The fourth-order valence-corrected chi connectivity index (χ4v) is 2.07. The molecule has 1 unspecified atom stereocenters. The third-order valence-corrected chi connectivity index (χ3v) is 2.86. The first-order valence-electron chi connectivity index (χ1n) is 5.52. The predicted molar refractivity (Wildman–Crippen MR) is 60.1 cm³/mol. The SMILES string of the molecule is CCC(O)c1ccc2c(c1)CC(C)(C)O2. The zero-order valence-corrected chi connectivity index (χ0v) is 9.58. The monoisotopic (exact) mass is 206 g/mol. The minimum Gasteiger partial charge on any atom is -0.487 e. The highest BCUT2D eigenvalue weighted by Gasteiger charge is 2.30. The zero-order valence-electron chi connectivity index (χ0n) is 9.58. The number of rotatable bonds is 2. The summed E-state index contributed by atoms with van der Waals surface area (Å²) in [7, 11) is 0. The lowest BCUT2D eigenvalue weighted by atomic mass is 9.98. The van der Waals surface area contributed by atoms with Crippen molar-refractivity contribution in [2.24, 2.45) is 0 Å². The van der Waals surface area contributed by atoms with Crippen LogP contribution in [0.4, 0.5) is 0 Å². The smallest absolute Gasteiger partial charge is 0.123 e. The number of hydrogen-bond donors (Lipinski definition) is 1. The van der Waals surface area contributed by atoms with E-state index in [9.17, 15) is 5.11 Å². The van der Waals surface area contributed by atoms with Gasteiger partial charge in [0.05, 0.1) is 6.10 Å². The van der Waals surface area contributed by atoms with Crippen molar-refractivity contribution in [3.8, 4) is 5.75 Å². The molecule has 1 aliphatic heterocycles. The van der Waals surface area contributed by atoms with Gasteiger partial charge in [-0.1, -0.05) is 13.0 Å². The molecule has 1 atom stereocenters. The van der Waals surface area contributed by atoms with Gasteiger partial charge >= 0.3 is 0 Å². The minimum absolute atomic E-state index is 0.0991. The van der Waals surface area contributed by atoms with Crippen molar-refractivity contribution < 1.29 is 9.84 Å². The molecular formula is C13H18O2. The Balaban J connectivity index is 2.30. The number of benzene rings is 1. The van der Waals surface area contributed by atoms with E-state index in [1.165, 1.54) is 5.56 Å². The molecule has 1 aliphatic rings. The highest BCUT2D eigenvalue weighted by molar-refractivity contribution is 5.42. The maximum atomic E-state index is 9.75. The van der Waals surface area contributed by atoms with E-state index in [0.29, 0.717) is 0 Å². The van der Waals surface area contributed by atoms with Crippen LogP contribution in [0.1, 0.15) is 44.4 Å². The number of aliphatic hydroxyl groups is 1. The van der Waals surface area contributed by atoms with Gasteiger partial charge in [-0.2, -0.15) is 0 Å². The van der Waals surface area contributed by atoms with Gasteiger partial charge in [-0.05, 0) is 43.5 Å². The van der Waals surface area contributed by atoms with Crippen molar-refractivity contribution in [2.45, 2.75) is 45.3 Å². The van der Waals surface area contributed by atoms with Crippen LogP contribution in [0.5, 0.6) is 5.75 Å². The van der Waals surface area contributed by atoms with Crippen LogP contribution in [-0.4, -0.2) is 10.7 Å². The summed E-state index contributed by atoms with van der Waals surface area (Å²) in [6.45, 7) is 6.16. The molecule has 1 aromatic carbocycles. The Morgan fingerprint density at radius 1 is 1.47 bits per heavy atom. The van der Waals surface area contributed by atoms with Crippen molar-refractivity contribution in [3.63, 3.8) is 0 Å². The average Bonchev–Trinajstić information content (AvgIpc) is 2.49. The Morgan fingerprint density at radius 2 is 2.20 bits per heavy atom. The Hall–Kier alpha value is -1.02. The van der Waals surface area contributed by atoms with Gasteiger partial charge < -0.3 is 9.84 Å². The topological polar surface area (TPSA) is 29.5 Å². The summed E-state index contributed by atoms with van der Waals surface area (Å²) >= 11 is 0. The van der Waals surface area contributed by atoms with E-state index in [1.54, 1.807) is 0 Å². The van der Waals surface area contributed by atoms with Gasteiger partial charge in [0.15, 0.2) is 0 Å². The summed E-state index contributed by atoms with van der Waals surface area (Å²) in [6.07, 6.45) is 1.33. The molecule has 82 valence electrons. The van der Waals surface area contributed by atoms with Gasteiger partial charge in [-0.25, -0.2) is 0 Å². The van der Waals surface area contributed by atoms with E-state index in [4.69, 9.17) is 4.74 Å². The highest BCUT2D eigenvalue weighted by atomic mass is 16.5. The minimum atomic E-state index is -0.348. The summed E-state index contributed by atoms with van der Waals surface area (Å²) in [5, 5.41) is 9.75. The predicted octanol–water partition coefficient (Wildman–Crippen LogP) is 2.84. The normalized spacial score (nSPS) is 19.5. The van der Waals surface area contributed by atoms with Crippen LogP contribution in [0.2, 0.25) is 0 Å². The largest absolute Gasteiger partial charge is 0.487 e. The molecule has 2 heteroatoms. The first kappa shape index (κ1) is 10.5. The molecule has 15 heavy (non-hydrogen) atoms. The van der Waals surface area contributed by atoms with Crippen LogP contribution >= 0.6 is 0 Å². The molecule has 0 saturated heterocycles. The standard InChI is InChI=1S/C13H18O2/c1-4-11(14)9-5-6-12-10(7-9)8-13(2,3)15-12/h5-7,11,14H,4,8H2,1-3H3. The Kier molecular flexibility index (Phi) is 2.47. The molecule has 0 amide bonds. The van der Waals surface area contributed by atoms with Crippen molar-refractivity contribution >= 4 is 0 Å². The summed E-state index contributed by atoms with van der Waals surface area (Å²) in [5.74, 6) is 0.965. The third-order valence-electron chi connectivity index (χ3n) is 2.86. The van der Waals surface area contributed by atoms with E-state index >= 15 is 0 Å². The third kappa shape index (κ3) is 2.00. The summed E-state index contributed by atoms with van der Waals surface area (Å²) in [4.78, 5) is 0. The number of aliphatic hydroxyl groups excluding tert-OH is 1. The molecule has 0 fully saturated rings. The van der Waals surface area contributed by atoms with Gasteiger partial charge in [0.2, 0.25) is 0 Å². The molecule has 0 radical (unpaired) electrons. The molecule has 2 rings (SSSR count). The van der Waals surface area contributed by atoms with Gasteiger partial charge in [0.1, 0.15) is 11.4 Å². The average molecular weight is 206 g/mol. The van der Waals surface area contributed by atoms with Gasteiger partial charge in [-0.15, -0.1) is 0 Å². The van der Waals surface area contributed by atoms with E-state index in [-0.39, 0.29) is 11.7 Å². The van der Waals surface area contributed by atoms with Crippen LogP contribution in [-0.2, 0) is 6.42 Å². The molecule has 1 N–H and O–H groups in total. The molecular weight excluding hydrogens is 188 g/mol. The van der Waals surface area contributed by atoms with Crippen LogP contribution in [0.25, 0.3) is 0 Å². The lowest BCUT2D eigenvalue weighted by Gasteiger charge is -2.16. The van der Waals surface area contributed by atoms with E-state index in [2.05, 4.69) is 19.9 Å². The Bertz CT molecular complexity index is 369. The number of fused-ring (bicyclic) bond motifs is 1. The number of hydrogen-bond acceptors (Lipinski definition) is 2. The van der Waals surface area contributed by atoms with Crippen molar-refractivity contribution in [1.82, 2.24) is 0 Å². The van der Waals surface area contributed by atoms with Crippen LogP contribution in [0.3, 0.4) is 0 Å². The lowest BCUT2D eigenvalue weighted by Crippen LogP contribution is -2.24. The van der Waals surface area contributed by atoms with Crippen molar-refractivity contribution in [1.29, 1.82) is 0 Å².